The Morgan fingerprint density at radius 3 is 2.35 bits per heavy atom. The molecule has 1 atom stereocenters. The van der Waals surface area contributed by atoms with Crippen molar-refractivity contribution in [3.05, 3.63) is 71.5 Å². The number of halogens is 1. The van der Waals surface area contributed by atoms with Crippen LogP contribution in [-0.4, -0.2) is 23.7 Å². The number of hydrogen-bond acceptors (Lipinski definition) is 2. The fourth-order valence-corrected chi connectivity index (χ4v) is 2.92. The van der Waals surface area contributed by atoms with Gasteiger partial charge < -0.3 is 10.4 Å². The maximum absolute atomic E-state index is 12.9. The van der Waals surface area contributed by atoms with Gasteiger partial charge in [-0.2, -0.15) is 0 Å². The van der Waals surface area contributed by atoms with E-state index in [4.69, 9.17) is 0 Å². The van der Waals surface area contributed by atoms with Crippen LogP contribution in [0.25, 0.3) is 0 Å². The van der Waals surface area contributed by atoms with Crippen LogP contribution in [0.4, 0.5) is 4.39 Å². The third kappa shape index (κ3) is 3.42. The largest absolute Gasteiger partial charge is 0.394 e. The molecule has 0 unspecified atom stereocenters. The van der Waals surface area contributed by atoms with Gasteiger partial charge in [0, 0.05) is 0 Å². The Hall–Kier alpha value is -2.20. The molecule has 1 aliphatic carbocycles. The van der Waals surface area contributed by atoms with Gasteiger partial charge in [0.1, 0.15) is 5.82 Å². The fraction of sp³-hybridized carbons (Fsp3) is 0.316. The van der Waals surface area contributed by atoms with Gasteiger partial charge in [0.05, 0.1) is 18.1 Å². The number of benzene rings is 2. The van der Waals surface area contributed by atoms with Crippen LogP contribution in [-0.2, 0) is 16.6 Å². The van der Waals surface area contributed by atoms with E-state index in [0.29, 0.717) is 6.42 Å². The van der Waals surface area contributed by atoms with Gasteiger partial charge in [-0.05, 0) is 42.5 Å². The Kier molecular flexibility index (Phi) is 4.44. The van der Waals surface area contributed by atoms with Gasteiger partial charge in [-0.1, -0.05) is 42.5 Å². The summed E-state index contributed by atoms with van der Waals surface area (Å²) in [6.45, 7) is -0.145. The van der Waals surface area contributed by atoms with Crippen LogP contribution < -0.4 is 5.32 Å². The number of hydrogen-bond donors (Lipinski definition) is 2. The molecule has 0 saturated heterocycles. The lowest BCUT2D eigenvalue weighted by molar-refractivity contribution is -0.124. The Bertz CT molecular complexity index is 666. The van der Waals surface area contributed by atoms with Crippen LogP contribution in [0.5, 0.6) is 0 Å². The second-order valence-electron chi connectivity index (χ2n) is 6.13. The molecule has 1 saturated carbocycles. The molecule has 0 bridgehead atoms. The molecular weight excluding hydrogens is 293 g/mol. The molecular formula is C19H20FNO2. The summed E-state index contributed by atoms with van der Waals surface area (Å²) in [4.78, 5) is 12.7. The highest BCUT2D eigenvalue weighted by atomic mass is 19.1. The molecule has 3 nitrogen and oxygen atoms in total. The molecule has 0 spiro atoms. The van der Waals surface area contributed by atoms with E-state index in [1.165, 1.54) is 12.1 Å². The van der Waals surface area contributed by atoms with E-state index in [0.717, 1.165) is 24.0 Å². The summed E-state index contributed by atoms with van der Waals surface area (Å²) in [6.07, 6.45) is 2.14. The molecule has 0 radical (unpaired) electrons. The predicted molar refractivity (Wildman–Crippen MR) is 86.5 cm³/mol. The SMILES string of the molecule is O=C(N[C@@H](CO)Cc1ccc(F)cc1)C1(c2ccccc2)CC1. The molecule has 0 aromatic heterocycles. The van der Waals surface area contributed by atoms with Crippen LogP contribution >= 0.6 is 0 Å². The average molecular weight is 313 g/mol. The van der Waals surface area contributed by atoms with Crippen molar-refractivity contribution in [3.8, 4) is 0 Å². The van der Waals surface area contributed by atoms with Crippen LogP contribution in [0.15, 0.2) is 54.6 Å². The normalized spacial score (nSPS) is 16.6. The number of aliphatic hydroxyl groups is 1. The number of nitrogens with one attached hydrogen (secondary N) is 1. The predicted octanol–water partition coefficient (Wildman–Crippen LogP) is 2.58. The smallest absolute Gasteiger partial charge is 0.230 e. The molecule has 0 heterocycles. The van der Waals surface area contributed by atoms with Crippen LogP contribution in [0.2, 0.25) is 0 Å². The lowest BCUT2D eigenvalue weighted by Gasteiger charge is -2.21. The first-order chi connectivity index (χ1) is 11.1. The van der Waals surface area contributed by atoms with Crippen molar-refractivity contribution in [1.82, 2.24) is 5.32 Å². The molecule has 2 aromatic carbocycles. The first-order valence-corrected chi connectivity index (χ1v) is 7.86. The van der Waals surface area contributed by atoms with Crippen LogP contribution in [0.3, 0.4) is 0 Å². The first kappa shape index (κ1) is 15.7. The zero-order valence-corrected chi connectivity index (χ0v) is 12.8. The Morgan fingerprint density at radius 1 is 1.13 bits per heavy atom. The summed E-state index contributed by atoms with van der Waals surface area (Å²) in [5.74, 6) is -0.329. The minimum atomic E-state index is -0.447. The number of carbonyl (C=O) groups is 1. The molecule has 0 aliphatic heterocycles. The van der Waals surface area contributed by atoms with Gasteiger partial charge >= 0.3 is 0 Å². The third-order valence-electron chi connectivity index (χ3n) is 4.46. The second kappa shape index (κ2) is 6.50. The zero-order chi connectivity index (χ0) is 16.3. The zero-order valence-electron chi connectivity index (χ0n) is 12.8. The summed E-state index contributed by atoms with van der Waals surface area (Å²) in [7, 11) is 0. The molecule has 23 heavy (non-hydrogen) atoms. The van der Waals surface area contributed by atoms with E-state index in [-0.39, 0.29) is 24.4 Å². The summed E-state index contributed by atoms with van der Waals surface area (Å²) >= 11 is 0. The van der Waals surface area contributed by atoms with Crippen molar-refractivity contribution in [3.63, 3.8) is 0 Å². The minimum absolute atomic E-state index is 0.0372. The molecule has 1 aliphatic rings. The third-order valence-corrected chi connectivity index (χ3v) is 4.46. The Morgan fingerprint density at radius 2 is 1.78 bits per heavy atom. The molecule has 1 fully saturated rings. The fourth-order valence-electron chi connectivity index (χ4n) is 2.92. The van der Waals surface area contributed by atoms with Crippen molar-refractivity contribution in [2.75, 3.05) is 6.61 Å². The minimum Gasteiger partial charge on any atom is -0.394 e. The maximum atomic E-state index is 12.9. The van der Waals surface area contributed by atoms with Gasteiger partial charge in [-0.3, -0.25) is 4.79 Å². The Balaban J connectivity index is 1.67. The van der Waals surface area contributed by atoms with Crippen molar-refractivity contribution in [2.45, 2.75) is 30.7 Å². The average Bonchev–Trinajstić information content (AvgIpc) is 3.39. The number of rotatable bonds is 6. The topological polar surface area (TPSA) is 49.3 Å². The van der Waals surface area contributed by atoms with Gasteiger partial charge in [-0.25, -0.2) is 4.39 Å². The summed E-state index contributed by atoms with van der Waals surface area (Å²) in [5.41, 5.74) is 1.46. The molecule has 120 valence electrons. The van der Waals surface area contributed by atoms with Crippen molar-refractivity contribution in [2.24, 2.45) is 0 Å². The van der Waals surface area contributed by atoms with E-state index in [1.807, 2.05) is 30.3 Å². The van der Waals surface area contributed by atoms with Gasteiger partial charge in [0.25, 0.3) is 0 Å². The second-order valence-corrected chi connectivity index (χ2v) is 6.13. The quantitative estimate of drug-likeness (QED) is 0.861. The van der Waals surface area contributed by atoms with E-state index in [1.54, 1.807) is 12.1 Å². The van der Waals surface area contributed by atoms with E-state index in [9.17, 15) is 14.3 Å². The highest BCUT2D eigenvalue weighted by molar-refractivity contribution is 5.91. The monoisotopic (exact) mass is 313 g/mol. The van der Waals surface area contributed by atoms with Gasteiger partial charge in [0.2, 0.25) is 5.91 Å². The van der Waals surface area contributed by atoms with Gasteiger partial charge in [0.15, 0.2) is 0 Å². The number of aliphatic hydroxyl groups excluding tert-OH is 1. The lowest BCUT2D eigenvalue weighted by atomic mass is 9.94. The summed E-state index contributed by atoms with van der Waals surface area (Å²) in [6, 6.07) is 15.5. The van der Waals surface area contributed by atoms with Crippen molar-refractivity contribution in [1.29, 1.82) is 0 Å². The van der Waals surface area contributed by atoms with Crippen molar-refractivity contribution >= 4 is 5.91 Å². The van der Waals surface area contributed by atoms with E-state index >= 15 is 0 Å². The molecule has 2 N–H and O–H groups in total. The standard InChI is InChI=1S/C19H20FNO2/c20-16-8-6-14(7-9-16)12-17(13-22)21-18(23)19(10-11-19)15-4-2-1-3-5-15/h1-9,17,22H,10-13H2,(H,21,23)/t17-/m1/s1. The highest BCUT2D eigenvalue weighted by Crippen LogP contribution is 2.48. The molecule has 2 aromatic rings. The van der Waals surface area contributed by atoms with E-state index in [2.05, 4.69) is 5.32 Å². The van der Waals surface area contributed by atoms with E-state index < -0.39 is 5.41 Å². The molecule has 1 amide bonds. The highest BCUT2D eigenvalue weighted by Gasteiger charge is 2.51. The molecule has 4 heteroatoms. The van der Waals surface area contributed by atoms with Crippen molar-refractivity contribution < 1.29 is 14.3 Å². The summed E-state index contributed by atoms with van der Waals surface area (Å²) in [5, 5.41) is 12.5. The van der Waals surface area contributed by atoms with Crippen LogP contribution in [0, 0.1) is 5.82 Å². The summed E-state index contributed by atoms with van der Waals surface area (Å²) < 4.78 is 12.9. The molecule has 3 rings (SSSR count). The maximum Gasteiger partial charge on any atom is 0.230 e. The van der Waals surface area contributed by atoms with Crippen LogP contribution in [0.1, 0.15) is 24.0 Å². The number of carbonyl (C=O) groups excluding carboxylic acids is 1. The van der Waals surface area contributed by atoms with Gasteiger partial charge in [-0.15, -0.1) is 0 Å². The first-order valence-electron chi connectivity index (χ1n) is 7.86. The lowest BCUT2D eigenvalue weighted by Crippen LogP contribution is -2.44. The number of amides is 1. The Labute approximate surface area is 135 Å².